The summed E-state index contributed by atoms with van der Waals surface area (Å²) in [6.45, 7) is 3.41. The number of rotatable bonds is 4. The molecule has 0 N–H and O–H groups in total. The van der Waals surface area contributed by atoms with Gasteiger partial charge in [0.1, 0.15) is 17.5 Å². The largest absolute Gasteiger partial charge is 0.338 e. The summed E-state index contributed by atoms with van der Waals surface area (Å²) in [6.07, 6.45) is 6.47. The number of pyridine rings is 1. The number of amides is 1. The van der Waals surface area contributed by atoms with E-state index in [4.69, 9.17) is 4.98 Å². The molecular formula is C22H23FN4O. The van der Waals surface area contributed by atoms with Crippen molar-refractivity contribution in [1.82, 2.24) is 19.4 Å². The van der Waals surface area contributed by atoms with Crippen molar-refractivity contribution in [2.75, 3.05) is 13.1 Å². The lowest BCUT2D eigenvalue weighted by Gasteiger charge is -2.32. The number of aryl methyl sites for hydroxylation is 1. The summed E-state index contributed by atoms with van der Waals surface area (Å²) in [6, 6.07) is 11.8. The van der Waals surface area contributed by atoms with E-state index in [1.54, 1.807) is 18.3 Å². The van der Waals surface area contributed by atoms with Crippen molar-refractivity contribution in [3.8, 4) is 5.82 Å². The van der Waals surface area contributed by atoms with E-state index in [-0.39, 0.29) is 17.6 Å². The maximum Gasteiger partial charge on any atom is 0.253 e. The molecule has 0 spiro atoms. The summed E-state index contributed by atoms with van der Waals surface area (Å²) in [7, 11) is 0. The standard InChI is InChI=1S/C22H23FN4O/c1-2-20-24-12-14-27(20)21-7-3-6-19(25-21)17-5-4-13-26(15-17)22(28)16-8-10-18(23)11-9-16/h3,6-12,14,17H,2,4-5,13,15H2,1H3/t17-/m1/s1. The minimum absolute atomic E-state index is 0.0521. The first-order chi connectivity index (χ1) is 13.7. The molecule has 2 aromatic heterocycles. The second-order valence-corrected chi connectivity index (χ2v) is 7.08. The zero-order valence-electron chi connectivity index (χ0n) is 15.9. The lowest BCUT2D eigenvalue weighted by molar-refractivity contribution is 0.0706. The molecule has 1 saturated heterocycles. The van der Waals surface area contributed by atoms with Crippen molar-refractivity contribution in [2.24, 2.45) is 0 Å². The van der Waals surface area contributed by atoms with Gasteiger partial charge in [-0.25, -0.2) is 14.4 Å². The van der Waals surface area contributed by atoms with Crippen LogP contribution >= 0.6 is 0 Å². The number of benzene rings is 1. The highest BCUT2D eigenvalue weighted by atomic mass is 19.1. The van der Waals surface area contributed by atoms with Gasteiger partial charge < -0.3 is 4.90 Å². The van der Waals surface area contributed by atoms with Gasteiger partial charge in [0.15, 0.2) is 0 Å². The third-order valence-electron chi connectivity index (χ3n) is 5.25. The molecule has 0 saturated carbocycles. The molecule has 144 valence electrons. The molecule has 28 heavy (non-hydrogen) atoms. The fraction of sp³-hybridized carbons (Fsp3) is 0.318. The molecule has 1 amide bonds. The molecule has 6 heteroatoms. The van der Waals surface area contributed by atoms with Crippen LogP contribution in [0.1, 0.15) is 47.6 Å². The van der Waals surface area contributed by atoms with Crippen LogP contribution in [0.5, 0.6) is 0 Å². The maximum absolute atomic E-state index is 13.1. The van der Waals surface area contributed by atoms with E-state index in [0.717, 1.165) is 36.6 Å². The number of nitrogens with zero attached hydrogens (tertiary/aromatic N) is 4. The van der Waals surface area contributed by atoms with E-state index in [0.29, 0.717) is 18.7 Å². The average Bonchev–Trinajstić information content (AvgIpc) is 3.23. The molecule has 3 aromatic rings. The number of carbonyl (C=O) groups is 1. The molecular weight excluding hydrogens is 355 g/mol. The smallest absolute Gasteiger partial charge is 0.253 e. The van der Waals surface area contributed by atoms with E-state index in [1.165, 1.54) is 12.1 Å². The summed E-state index contributed by atoms with van der Waals surface area (Å²) < 4.78 is 15.2. The molecule has 1 atom stereocenters. The average molecular weight is 378 g/mol. The highest BCUT2D eigenvalue weighted by Crippen LogP contribution is 2.27. The SMILES string of the molecule is CCc1nccn1-c1cccc([C@@H]2CCCN(C(=O)c3ccc(F)cc3)C2)n1. The Morgan fingerprint density at radius 2 is 2.04 bits per heavy atom. The number of imidazole rings is 1. The summed E-state index contributed by atoms with van der Waals surface area (Å²) in [5, 5.41) is 0. The maximum atomic E-state index is 13.1. The Morgan fingerprint density at radius 1 is 1.21 bits per heavy atom. The van der Waals surface area contributed by atoms with E-state index in [2.05, 4.69) is 11.9 Å². The van der Waals surface area contributed by atoms with Crippen LogP contribution in [0.4, 0.5) is 4.39 Å². The molecule has 4 rings (SSSR count). The lowest BCUT2D eigenvalue weighted by atomic mass is 9.93. The number of hydrogen-bond donors (Lipinski definition) is 0. The number of piperidine rings is 1. The van der Waals surface area contributed by atoms with E-state index >= 15 is 0 Å². The molecule has 3 heterocycles. The fourth-order valence-electron chi connectivity index (χ4n) is 3.78. The topological polar surface area (TPSA) is 51.0 Å². The van der Waals surface area contributed by atoms with Crippen LogP contribution in [0.2, 0.25) is 0 Å². The zero-order chi connectivity index (χ0) is 19.5. The van der Waals surface area contributed by atoms with E-state index in [1.807, 2.05) is 33.9 Å². The van der Waals surface area contributed by atoms with Crippen molar-refractivity contribution in [3.05, 3.63) is 77.8 Å². The highest BCUT2D eigenvalue weighted by Gasteiger charge is 2.26. The van der Waals surface area contributed by atoms with Gasteiger partial charge in [-0.15, -0.1) is 0 Å². The molecule has 0 bridgehead atoms. The first-order valence-electron chi connectivity index (χ1n) is 9.70. The second kappa shape index (κ2) is 7.92. The highest BCUT2D eigenvalue weighted by molar-refractivity contribution is 5.94. The van der Waals surface area contributed by atoms with Crippen molar-refractivity contribution in [2.45, 2.75) is 32.1 Å². The Labute approximate surface area is 163 Å². The Balaban J connectivity index is 1.54. The first-order valence-corrected chi connectivity index (χ1v) is 9.70. The monoisotopic (exact) mass is 378 g/mol. The lowest BCUT2D eigenvalue weighted by Crippen LogP contribution is -2.39. The quantitative estimate of drug-likeness (QED) is 0.690. The molecule has 5 nitrogen and oxygen atoms in total. The van der Waals surface area contributed by atoms with Crippen LogP contribution < -0.4 is 0 Å². The van der Waals surface area contributed by atoms with Gasteiger partial charge in [0.25, 0.3) is 5.91 Å². The summed E-state index contributed by atoms with van der Waals surface area (Å²) in [4.78, 5) is 23.9. The molecule has 0 radical (unpaired) electrons. The van der Waals surface area contributed by atoms with Crippen molar-refractivity contribution >= 4 is 5.91 Å². The molecule has 0 unspecified atom stereocenters. The normalized spacial score (nSPS) is 16.9. The zero-order valence-corrected chi connectivity index (χ0v) is 15.9. The van der Waals surface area contributed by atoms with Crippen LogP contribution in [-0.4, -0.2) is 38.4 Å². The van der Waals surface area contributed by atoms with Crippen LogP contribution in [0, 0.1) is 5.82 Å². The van der Waals surface area contributed by atoms with Crippen molar-refractivity contribution in [1.29, 1.82) is 0 Å². The number of halogens is 1. The predicted octanol–water partition coefficient (Wildman–Crippen LogP) is 3.99. The summed E-state index contributed by atoms with van der Waals surface area (Å²) >= 11 is 0. The second-order valence-electron chi connectivity index (χ2n) is 7.08. The molecule has 1 aromatic carbocycles. The Kier molecular flexibility index (Phi) is 5.19. The number of hydrogen-bond acceptors (Lipinski definition) is 3. The predicted molar refractivity (Wildman–Crippen MR) is 105 cm³/mol. The van der Waals surface area contributed by atoms with Gasteiger partial charge in [0, 0.05) is 49.1 Å². The Morgan fingerprint density at radius 3 is 2.82 bits per heavy atom. The summed E-state index contributed by atoms with van der Waals surface area (Å²) in [5.41, 5.74) is 1.51. The third-order valence-corrected chi connectivity index (χ3v) is 5.25. The minimum Gasteiger partial charge on any atom is -0.338 e. The van der Waals surface area contributed by atoms with Gasteiger partial charge in [-0.2, -0.15) is 0 Å². The number of aromatic nitrogens is 3. The van der Waals surface area contributed by atoms with E-state index < -0.39 is 0 Å². The van der Waals surface area contributed by atoms with Gasteiger partial charge in [0.2, 0.25) is 0 Å². The van der Waals surface area contributed by atoms with Crippen LogP contribution in [0.15, 0.2) is 54.9 Å². The molecule has 1 aliphatic heterocycles. The molecule has 0 aliphatic carbocycles. The molecule has 1 aliphatic rings. The van der Waals surface area contributed by atoms with Gasteiger partial charge in [-0.1, -0.05) is 13.0 Å². The third kappa shape index (κ3) is 3.67. The summed E-state index contributed by atoms with van der Waals surface area (Å²) in [5.74, 6) is 1.63. The van der Waals surface area contributed by atoms with Gasteiger partial charge in [-0.3, -0.25) is 9.36 Å². The Bertz CT molecular complexity index is 967. The van der Waals surface area contributed by atoms with Gasteiger partial charge in [-0.05, 0) is 49.2 Å². The first kappa shape index (κ1) is 18.3. The van der Waals surface area contributed by atoms with Crippen LogP contribution in [0.3, 0.4) is 0 Å². The number of likely N-dealkylation sites (tertiary alicyclic amines) is 1. The minimum atomic E-state index is -0.333. The van der Waals surface area contributed by atoms with Crippen molar-refractivity contribution in [3.63, 3.8) is 0 Å². The van der Waals surface area contributed by atoms with Crippen molar-refractivity contribution < 1.29 is 9.18 Å². The fourth-order valence-corrected chi connectivity index (χ4v) is 3.78. The number of carbonyl (C=O) groups excluding carboxylic acids is 1. The van der Waals surface area contributed by atoms with Gasteiger partial charge >= 0.3 is 0 Å². The molecule has 1 fully saturated rings. The van der Waals surface area contributed by atoms with Gasteiger partial charge in [0.05, 0.1) is 0 Å². The van der Waals surface area contributed by atoms with E-state index in [9.17, 15) is 9.18 Å². The van der Waals surface area contributed by atoms with Crippen LogP contribution in [-0.2, 0) is 6.42 Å². The van der Waals surface area contributed by atoms with Crippen LogP contribution in [0.25, 0.3) is 5.82 Å². The Hall–Kier alpha value is -3.02.